The normalized spacial score (nSPS) is 9.62. The number of benzene rings is 1. The van der Waals surface area contributed by atoms with E-state index in [4.69, 9.17) is 0 Å². The van der Waals surface area contributed by atoms with Gasteiger partial charge >= 0.3 is 0 Å². The van der Waals surface area contributed by atoms with Crippen LogP contribution >= 0.6 is 0 Å². The smallest absolute Gasteiger partial charge is 0.257 e. The summed E-state index contributed by atoms with van der Waals surface area (Å²) in [6.45, 7) is 0. The van der Waals surface area contributed by atoms with Crippen molar-refractivity contribution >= 4 is 5.91 Å². The van der Waals surface area contributed by atoms with Crippen molar-refractivity contribution in [2.45, 2.75) is 7.43 Å². The van der Waals surface area contributed by atoms with Crippen LogP contribution in [0.1, 0.15) is 17.8 Å². The molecule has 1 aromatic rings. The largest absolute Gasteiger partial charge is 0.355 e. The van der Waals surface area contributed by atoms with Gasteiger partial charge in [0.25, 0.3) is 5.91 Å². The molecule has 7 heteroatoms. The molecule has 0 heterocycles. The SMILES string of the molecule is C.CNC(=O)c1c(F)c(F)c(F)c(F)c1F. The molecule has 1 aromatic carbocycles. The molecule has 0 unspecified atom stereocenters. The van der Waals surface area contributed by atoms with E-state index in [-0.39, 0.29) is 7.43 Å². The highest BCUT2D eigenvalue weighted by molar-refractivity contribution is 5.94. The van der Waals surface area contributed by atoms with Crippen LogP contribution in [0, 0.1) is 29.1 Å². The van der Waals surface area contributed by atoms with Gasteiger partial charge in [-0.15, -0.1) is 0 Å². The van der Waals surface area contributed by atoms with Crippen molar-refractivity contribution in [2.24, 2.45) is 0 Å². The zero-order valence-corrected chi connectivity index (χ0v) is 7.30. The van der Waals surface area contributed by atoms with Crippen molar-refractivity contribution in [3.8, 4) is 0 Å². The fourth-order valence-corrected chi connectivity index (χ4v) is 0.929. The summed E-state index contributed by atoms with van der Waals surface area (Å²) in [4.78, 5) is 10.8. The predicted molar refractivity (Wildman–Crippen MR) is 46.4 cm³/mol. The Morgan fingerprint density at radius 2 is 1.19 bits per heavy atom. The van der Waals surface area contributed by atoms with Gasteiger partial charge in [0.15, 0.2) is 23.3 Å². The van der Waals surface area contributed by atoms with Crippen LogP contribution in [-0.4, -0.2) is 13.0 Å². The molecule has 0 saturated carbocycles. The van der Waals surface area contributed by atoms with Crippen LogP contribution in [0.3, 0.4) is 0 Å². The van der Waals surface area contributed by atoms with Gasteiger partial charge in [0.1, 0.15) is 5.56 Å². The Kier molecular flexibility index (Phi) is 4.40. The van der Waals surface area contributed by atoms with Crippen molar-refractivity contribution in [1.29, 1.82) is 0 Å². The molecule has 2 nitrogen and oxygen atoms in total. The number of rotatable bonds is 1. The quantitative estimate of drug-likeness (QED) is 0.456. The minimum absolute atomic E-state index is 0. The van der Waals surface area contributed by atoms with E-state index in [2.05, 4.69) is 0 Å². The van der Waals surface area contributed by atoms with Crippen molar-refractivity contribution in [1.82, 2.24) is 5.32 Å². The summed E-state index contributed by atoms with van der Waals surface area (Å²) < 4.78 is 63.3. The van der Waals surface area contributed by atoms with Crippen LogP contribution < -0.4 is 5.32 Å². The maximum absolute atomic E-state index is 12.9. The lowest BCUT2D eigenvalue weighted by atomic mass is 10.1. The minimum atomic E-state index is -2.29. The number of amides is 1. The highest BCUT2D eigenvalue weighted by atomic mass is 19.2. The molecule has 0 aliphatic carbocycles. The van der Waals surface area contributed by atoms with Gasteiger partial charge in [-0.25, -0.2) is 22.0 Å². The molecule has 0 aromatic heterocycles. The second-order valence-electron chi connectivity index (χ2n) is 2.52. The van der Waals surface area contributed by atoms with E-state index >= 15 is 0 Å². The van der Waals surface area contributed by atoms with Gasteiger partial charge in [-0.2, -0.15) is 0 Å². The van der Waals surface area contributed by atoms with Crippen molar-refractivity contribution in [2.75, 3.05) is 7.05 Å². The fraction of sp³-hybridized carbons (Fsp3) is 0.222. The zero-order chi connectivity index (χ0) is 11.7. The van der Waals surface area contributed by atoms with Gasteiger partial charge < -0.3 is 5.32 Å². The Hall–Kier alpha value is -1.66. The number of carbonyl (C=O) groups excluding carboxylic acids is 1. The number of nitrogens with one attached hydrogen (secondary N) is 1. The van der Waals surface area contributed by atoms with Crippen LogP contribution in [0.2, 0.25) is 0 Å². The lowest BCUT2D eigenvalue weighted by Crippen LogP contribution is -2.23. The van der Waals surface area contributed by atoms with E-state index in [1.165, 1.54) is 0 Å². The first-order valence-electron chi connectivity index (χ1n) is 3.65. The molecule has 90 valence electrons. The summed E-state index contributed by atoms with van der Waals surface area (Å²) in [7, 11) is 1.00. The summed E-state index contributed by atoms with van der Waals surface area (Å²) in [5.74, 6) is -12.3. The number of halogens is 5. The third-order valence-electron chi connectivity index (χ3n) is 1.66. The predicted octanol–water partition coefficient (Wildman–Crippen LogP) is 2.38. The Labute approximate surface area is 88.1 Å². The summed E-state index contributed by atoms with van der Waals surface area (Å²) in [5, 5.41) is 1.76. The van der Waals surface area contributed by atoms with E-state index in [1.807, 2.05) is 0 Å². The molecule has 1 rings (SSSR count). The summed E-state index contributed by atoms with van der Waals surface area (Å²) in [5.41, 5.74) is -1.49. The molecule has 16 heavy (non-hydrogen) atoms. The number of hydrogen-bond acceptors (Lipinski definition) is 1. The maximum atomic E-state index is 12.9. The molecule has 0 fully saturated rings. The molecule has 0 radical (unpaired) electrons. The second kappa shape index (κ2) is 4.91. The summed E-state index contributed by atoms with van der Waals surface area (Å²) in [6, 6.07) is 0. The molecular formula is C9H8F5NO. The van der Waals surface area contributed by atoms with Gasteiger partial charge in [0, 0.05) is 7.05 Å². The lowest BCUT2D eigenvalue weighted by Gasteiger charge is -2.06. The topological polar surface area (TPSA) is 29.1 Å². The first-order chi connectivity index (χ1) is 6.91. The highest BCUT2D eigenvalue weighted by Gasteiger charge is 2.28. The molecule has 1 N–H and O–H groups in total. The van der Waals surface area contributed by atoms with Crippen LogP contribution in [0.4, 0.5) is 22.0 Å². The van der Waals surface area contributed by atoms with Gasteiger partial charge in [0.05, 0.1) is 0 Å². The van der Waals surface area contributed by atoms with E-state index in [1.54, 1.807) is 5.32 Å². The average molecular weight is 241 g/mol. The fourth-order valence-electron chi connectivity index (χ4n) is 0.929. The number of carbonyl (C=O) groups is 1. The lowest BCUT2D eigenvalue weighted by molar-refractivity contribution is 0.0951. The van der Waals surface area contributed by atoms with Crippen LogP contribution in [0.15, 0.2) is 0 Å². The van der Waals surface area contributed by atoms with Gasteiger partial charge in [-0.3, -0.25) is 4.79 Å². The van der Waals surface area contributed by atoms with Gasteiger partial charge in [-0.05, 0) is 0 Å². The second-order valence-corrected chi connectivity index (χ2v) is 2.52. The van der Waals surface area contributed by atoms with E-state index in [9.17, 15) is 26.7 Å². The average Bonchev–Trinajstić information content (AvgIpc) is 2.23. The zero-order valence-electron chi connectivity index (χ0n) is 7.30. The van der Waals surface area contributed by atoms with Crippen molar-refractivity contribution in [3.63, 3.8) is 0 Å². The van der Waals surface area contributed by atoms with Crippen LogP contribution in [0.25, 0.3) is 0 Å². The minimum Gasteiger partial charge on any atom is -0.355 e. The molecule has 0 atom stereocenters. The Bertz CT molecular complexity index is 403. The van der Waals surface area contributed by atoms with Crippen LogP contribution in [-0.2, 0) is 0 Å². The third kappa shape index (κ3) is 1.98. The molecule has 0 aliphatic heterocycles. The Morgan fingerprint density at radius 3 is 1.50 bits per heavy atom. The van der Waals surface area contributed by atoms with E-state index < -0.39 is 40.6 Å². The molecule has 1 amide bonds. The highest BCUT2D eigenvalue weighted by Crippen LogP contribution is 2.22. The van der Waals surface area contributed by atoms with Gasteiger partial charge in [0.2, 0.25) is 5.82 Å². The first-order valence-corrected chi connectivity index (χ1v) is 3.65. The monoisotopic (exact) mass is 241 g/mol. The van der Waals surface area contributed by atoms with E-state index in [0.717, 1.165) is 7.05 Å². The van der Waals surface area contributed by atoms with Gasteiger partial charge in [-0.1, -0.05) is 7.43 Å². The third-order valence-corrected chi connectivity index (χ3v) is 1.66. The first kappa shape index (κ1) is 14.3. The molecule has 0 aliphatic rings. The van der Waals surface area contributed by atoms with E-state index in [0.29, 0.717) is 0 Å². The summed E-state index contributed by atoms with van der Waals surface area (Å²) >= 11 is 0. The van der Waals surface area contributed by atoms with Crippen molar-refractivity contribution in [3.05, 3.63) is 34.6 Å². The maximum Gasteiger partial charge on any atom is 0.257 e. The van der Waals surface area contributed by atoms with Crippen LogP contribution in [0.5, 0.6) is 0 Å². The van der Waals surface area contributed by atoms with Crippen molar-refractivity contribution < 1.29 is 26.7 Å². The molecule has 0 spiro atoms. The molecule has 0 bridgehead atoms. The summed E-state index contributed by atoms with van der Waals surface area (Å²) in [6.07, 6.45) is 0. The molecular weight excluding hydrogens is 233 g/mol. The number of hydrogen-bond donors (Lipinski definition) is 1. The molecule has 0 saturated heterocycles. The standard InChI is InChI=1S/C8H4F5NO.CH4/c1-14-8(15)2-3(9)5(11)7(13)6(12)4(2)10;/h1H3,(H,14,15);1H4. The Morgan fingerprint density at radius 1 is 0.875 bits per heavy atom. The Balaban J connectivity index is 0.00000225.